The van der Waals surface area contributed by atoms with Crippen molar-refractivity contribution in [3.8, 4) is 0 Å². The molecule has 0 radical (unpaired) electrons. The zero-order chi connectivity index (χ0) is 16.9. The normalized spacial score (nSPS) is 16.9. The molecule has 0 atom stereocenters. The van der Waals surface area contributed by atoms with Gasteiger partial charge in [0, 0.05) is 37.0 Å². The van der Waals surface area contributed by atoms with E-state index in [1.54, 1.807) is 0 Å². The van der Waals surface area contributed by atoms with Gasteiger partial charge in [-0.3, -0.25) is 4.98 Å². The molecule has 0 bridgehead atoms. The summed E-state index contributed by atoms with van der Waals surface area (Å²) in [6.07, 6.45) is -0.135. The topological polar surface area (TPSA) is 41.9 Å². The van der Waals surface area contributed by atoms with Crippen molar-refractivity contribution in [3.63, 3.8) is 0 Å². The van der Waals surface area contributed by atoms with Crippen LogP contribution in [0.5, 0.6) is 0 Å². The number of pyridine rings is 1. The van der Waals surface area contributed by atoms with Crippen molar-refractivity contribution in [3.05, 3.63) is 45.6 Å². The van der Waals surface area contributed by atoms with Crippen LogP contribution in [0.3, 0.4) is 0 Å². The molecule has 0 saturated carbocycles. The standard InChI is InChI=1S/C16H14ClF3N4/c17-15-22-13-3-1-2-11(13)14(23-15)24-5-4-12-9(8-24)6-10(7-21-12)16(18,19)20/h6-7H,1-5,8H2. The Morgan fingerprint density at radius 3 is 2.71 bits per heavy atom. The highest BCUT2D eigenvalue weighted by molar-refractivity contribution is 6.28. The van der Waals surface area contributed by atoms with Crippen molar-refractivity contribution < 1.29 is 13.2 Å². The molecule has 0 amide bonds. The van der Waals surface area contributed by atoms with E-state index < -0.39 is 11.7 Å². The summed E-state index contributed by atoms with van der Waals surface area (Å²) < 4.78 is 38.8. The van der Waals surface area contributed by atoms with Crippen molar-refractivity contribution in [2.24, 2.45) is 0 Å². The van der Waals surface area contributed by atoms with Crippen molar-refractivity contribution in [1.29, 1.82) is 0 Å². The summed E-state index contributed by atoms with van der Waals surface area (Å²) in [6, 6.07) is 1.19. The average Bonchev–Trinajstić information content (AvgIpc) is 3.00. The maximum atomic E-state index is 12.9. The number of hydrogen-bond donors (Lipinski definition) is 0. The number of aryl methyl sites for hydroxylation is 1. The van der Waals surface area contributed by atoms with E-state index in [4.69, 9.17) is 11.6 Å². The molecule has 0 aromatic carbocycles. The zero-order valence-electron chi connectivity index (χ0n) is 12.7. The van der Waals surface area contributed by atoms with Gasteiger partial charge in [0.25, 0.3) is 0 Å². The molecular formula is C16H14ClF3N4. The fourth-order valence-corrected chi connectivity index (χ4v) is 3.59. The van der Waals surface area contributed by atoms with Crippen LogP contribution >= 0.6 is 11.6 Å². The Morgan fingerprint density at radius 2 is 1.92 bits per heavy atom. The third kappa shape index (κ3) is 2.70. The minimum Gasteiger partial charge on any atom is -0.351 e. The second-order valence-electron chi connectivity index (χ2n) is 6.09. The van der Waals surface area contributed by atoms with Gasteiger partial charge in [-0.1, -0.05) is 0 Å². The number of fused-ring (bicyclic) bond motifs is 2. The summed E-state index contributed by atoms with van der Waals surface area (Å²) in [4.78, 5) is 14.6. The molecule has 2 aromatic heterocycles. The molecule has 1 aliphatic heterocycles. The largest absolute Gasteiger partial charge is 0.417 e. The van der Waals surface area contributed by atoms with E-state index in [9.17, 15) is 13.2 Å². The molecule has 8 heteroatoms. The number of anilines is 1. The first kappa shape index (κ1) is 15.6. The number of rotatable bonds is 1. The lowest BCUT2D eigenvalue weighted by Gasteiger charge is -2.31. The third-order valence-corrected chi connectivity index (χ3v) is 4.72. The Hall–Kier alpha value is -1.89. The van der Waals surface area contributed by atoms with Crippen LogP contribution in [0, 0.1) is 0 Å². The molecule has 24 heavy (non-hydrogen) atoms. The Bertz CT molecular complexity index is 807. The van der Waals surface area contributed by atoms with E-state index in [0.717, 1.165) is 48.2 Å². The van der Waals surface area contributed by atoms with Gasteiger partial charge in [-0.2, -0.15) is 13.2 Å². The van der Waals surface area contributed by atoms with Crippen LogP contribution in [0.4, 0.5) is 19.0 Å². The SMILES string of the molecule is FC(F)(F)c1cnc2c(c1)CN(c1nc(Cl)nc3c1CCC3)CC2. The molecule has 2 aromatic rings. The Morgan fingerprint density at radius 1 is 1.08 bits per heavy atom. The van der Waals surface area contributed by atoms with E-state index in [1.807, 2.05) is 4.90 Å². The van der Waals surface area contributed by atoms with Gasteiger partial charge in [-0.25, -0.2) is 9.97 Å². The van der Waals surface area contributed by atoms with Gasteiger partial charge in [0.2, 0.25) is 5.28 Å². The molecule has 0 saturated heterocycles. The molecule has 4 nitrogen and oxygen atoms in total. The molecule has 0 unspecified atom stereocenters. The molecular weight excluding hydrogens is 341 g/mol. The highest BCUT2D eigenvalue weighted by atomic mass is 35.5. The fraction of sp³-hybridized carbons (Fsp3) is 0.438. The van der Waals surface area contributed by atoms with Crippen molar-refractivity contribution in [2.45, 2.75) is 38.4 Å². The molecule has 3 heterocycles. The predicted molar refractivity (Wildman–Crippen MR) is 83.1 cm³/mol. The van der Waals surface area contributed by atoms with Crippen molar-refractivity contribution in [2.75, 3.05) is 11.4 Å². The van der Waals surface area contributed by atoms with Crippen LogP contribution in [0.1, 0.15) is 34.5 Å². The first-order valence-corrected chi connectivity index (χ1v) is 8.15. The lowest BCUT2D eigenvalue weighted by molar-refractivity contribution is -0.137. The molecule has 0 spiro atoms. The van der Waals surface area contributed by atoms with Crippen molar-refractivity contribution in [1.82, 2.24) is 15.0 Å². The molecule has 126 valence electrons. The van der Waals surface area contributed by atoms with Crippen LogP contribution in [0.15, 0.2) is 12.3 Å². The third-order valence-electron chi connectivity index (χ3n) is 4.55. The Kier molecular flexibility index (Phi) is 3.63. The molecule has 2 aliphatic rings. The molecule has 0 fully saturated rings. The van der Waals surface area contributed by atoms with E-state index >= 15 is 0 Å². The van der Waals surface area contributed by atoms with Crippen LogP contribution in [-0.4, -0.2) is 21.5 Å². The van der Waals surface area contributed by atoms with E-state index in [2.05, 4.69) is 15.0 Å². The Labute approximate surface area is 141 Å². The monoisotopic (exact) mass is 354 g/mol. The number of nitrogens with zero attached hydrogens (tertiary/aromatic N) is 4. The summed E-state index contributed by atoms with van der Waals surface area (Å²) in [7, 11) is 0. The number of halogens is 4. The lowest BCUT2D eigenvalue weighted by Crippen LogP contribution is -2.33. The van der Waals surface area contributed by atoms with Gasteiger partial charge in [0.05, 0.1) is 11.3 Å². The molecule has 1 aliphatic carbocycles. The van der Waals surface area contributed by atoms with Gasteiger partial charge in [-0.05, 0) is 42.5 Å². The van der Waals surface area contributed by atoms with Gasteiger partial charge in [0.15, 0.2) is 0 Å². The van der Waals surface area contributed by atoms with Crippen LogP contribution in [-0.2, 0) is 32.0 Å². The highest BCUT2D eigenvalue weighted by Crippen LogP contribution is 2.34. The first-order chi connectivity index (χ1) is 11.4. The van der Waals surface area contributed by atoms with Crippen molar-refractivity contribution >= 4 is 17.4 Å². The second-order valence-corrected chi connectivity index (χ2v) is 6.43. The number of hydrogen-bond acceptors (Lipinski definition) is 4. The summed E-state index contributed by atoms with van der Waals surface area (Å²) in [6.45, 7) is 1.01. The smallest absolute Gasteiger partial charge is 0.351 e. The maximum Gasteiger partial charge on any atom is 0.417 e. The summed E-state index contributed by atoms with van der Waals surface area (Å²) in [5.41, 5.74) is 2.63. The second kappa shape index (κ2) is 5.58. The van der Waals surface area contributed by atoms with Gasteiger partial charge < -0.3 is 4.90 Å². The number of alkyl halides is 3. The minimum absolute atomic E-state index is 0.193. The maximum absolute atomic E-state index is 12.9. The molecule has 4 rings (SSSR count). The first-order valence-electron chi connectivity index (χ1n) is 7.77. The van der Waals surface area contributed by atoms with Gasteiger partial charge >= 0.3 is 6.18 Å². The fourth-order valence-electron chi connectivity index (χ4n) is 3.41. The van der Waals surface area contributed by atoms with E-state index in [1.165, 1.54) is 6.07 Å². The predicted octanol–water partition coefficient (Wildman–Crippen LogP) is 3.60. The Balaban J connectivity index is 1.70. The average molecular weight is 355 g/mol. The summed E-state index contributed by atoms with van der Waals surface area (Å²) in [5, 5.41) is 0.193. The minimum atomic E-state index is -4.39. The quantitative estimate of drug-likeness (QED) is 0.734. The van der Waals surface area contributed by atoms with E-state index in [-0.39, 0.29) is 5.28 Å². The van der Waals surface area contributed by atoms with Crippen LogP contribution < -0.4 is 4.90 Å². The molecule has 0 N–H and O–H groups in total. The lowest BCUT2D eigenvalue weighted by atomic mass is 10.0. The summed E-state index contributed by atoms with van der Waals surface area (Å²) >= 11 is 6.02. The van der Waals surface area contributed by atoms with Crippen LogP contribution in [0.25, 0.3) is 0 Å². The van der Waals surface area contributed by atoms with Gasteiger partial charge in [0.1, 0.15) is 5.82 Å². The summed E-state index contributed by atoms with van der Waals surface area (Å²) in [5.74, 6) is 0.755. The van der Waals surface area contributed by atoms with Gasteiger partial charge in [-0.15, -0.1) is 0 Å². The van der Waals surface area contributed by atoms with Crippen LogP contribution in [0.2, 0.25) is 5.28 Å². The number of aromatic nitrogens is 3. The zero-order valence-corrected chi connectivity index (χ0v) is 13.5. The van der Waals surface area contributed by atoms with E-state index in [0.29, 0.717) is 25.1 Å². The highest BCUT2D eigenvalue weighted by Gasteiger charge is 2.33.